The first kappa shape index (κ1) is 13.5. The van der Waals surface area contributed by atoms with Crippen LogP contribution < -0.4 is 10.6 Å². The average Bonchev–Trinajstić information content (AvgIpc) is 2.86. The molecule has 4 heteroatoms. The Labute approximate surface area is 123 Å². The zero-order valence-corrected chi connectivity index (χ0v) is 11.5. The van der Waals surface area contributed by atoms with Crippen molar-refractivity contribution in [3.05, 3.63) is 65.7 Å². The highest BCUT2D eigenvalue weighted by Gasteiger charge is 2.30. The summed E-state index contributed by atoms with van der Waals surface area (Å²) in [6.07, 6.45) is 0.327. The number of anilines is 1. The van der Waals surface area contributed by atoms with E-state index < -0.39 is 0 Å². The lowest BCUT2D eigenvalue weighted by atomic mass is 10.0. The third kappa shape index (κ3) is 2.58. The third-order valence-corrected chi connectivity index (χ3v) is 3.63. The molecule has 0 aromatic heterocycles. The molecule has 2 aromatic carbocycles. The van der Waals surface area contributed by atoms with Crippen molar-refractivity contribution < 1.29 is 9.59 Å². The lowest BCUT2D eigenvalue weighted by Crippen LogP contribution is -2.29. The molecule has 1 aliphatic rings. The molecule has 1 saturated heterocycles. The molecule has 0 aliphatic carbocycles. The molecular formula is C17H16N2O2. The van der Waals surface area contributed by atoms with E-state index in [4.69, 9.17) is 5.73 Å². The maximum Gasteiger partial charge on any atom is 0.228 e. The monoisotopic (exact) mass is 280 g/mol. The first-order valence-electron chi connectivity index (χ1n) is 6.91. The van der Waals surface area contributed by atoms with Crippen LogP contribution in [0.1, 0.15) is 22.3 Å². The molecule has 1 heterocycles. The SMILES string of the molecule is NC1CC(=O)N(c2ccccc2C(=O)c2ccccc2)C1. The van der Waals surface area contributed by atoms with Gasteiger partial charge in [-0.25, -0.2) is 0 Å². The number of carbonyl (C=O) groups is 2. The van der Waals surface area contributed by atoms with Crippen LogP contribution in [0.2, 0.25) is 0 Å². The Morgan fingerprint density at radius 1 is 1.05 bits per heavy atom. The van der Waals surface area contributed by atoms with Crippen molar-refractivity contribution in [2.75, 3.05) is 11.4 Å². The lowest BCUT2D eigenvalue weighted by Gasteiger charge is -2.19. The second kappa shape index (κ2) is 5.50. The Bertz CT molecular complexity index is 682. The largest absolute Gasteiger partial charge is 0.326 e. The minimum Gasteiger partial charge on any atom is -0.326 e. The quantitative estimate of drug-likeness (QED) is 0.874. The number of hydrogen-bond donors (Lipinski definition) is 1. The van der Waals surface area contributed by atoms with Crippen molar-refractivity contribution in [1.29, 1.82) is 0 Å². The molecule has 1 unspecified atom stereocenters. The average molecular weight is 280 g/mol. The lowest BCUT2D eigenvalue weighted by molar-refractivity contribution is -0.117. The van der Waals surface area contributed by atoms with Gasteiger partial charge in [-0.1, -0.05) is 42.5 Å². The fraction of sp³-hybridized carbons (Fsp3) is 0.176. The van der Waals surface area contributed by atoms with Gasteiger partial charge < -0.3 is 10.6 Å². The van der Waals surface area contributed by atoms with E-state index in [1.807, 2.05) is 24.3 Å². The zero-order valence-electron chi connectivity index (χ0n) is 11.5. The number of amides is 1. The van der Waals surface area contributed by atoms with Gasteiger partial charge >= 0.3 is 0 Å². The van der Waals surface area contributed by atoms with Crippen molar-refractivity contribution >= 4 is 17.4 Å². The van der Waals surface area contributed by atoms with E-state index in [1.165, 1.54) is 0 Å². The van der Waals surface area contributed by atoms with Crippen LogP contribution in [0.3, 0.4) is 0 Å². The summed E-state index contributed by atoms with van der Waals surface area (Å²) in [5.74, 6) is -0.115. The summed E-state index contributed by atoms with van der Waals surface area (Å²) in [7, 11) is 0. The Kier molecular flexibility index (Phi) is 3.54. The summed E-state index contributed by atoms with van der Waals surface area (Å²) < 4.78 is 0. The van der Waals surface area contributed by atoms with Crippen LogP contribution in [-0.4, -0.2) is 24.3 Å². The maximum atomic E-state index is 12.6. The molecule has 1 atom stereocenters. The molecule has 2 aromatic rings. The summed E-state index contributed by atoms with van der Waals surface area (Å²) in [5, 5.41) is 0. The highest BCUT2D eigenvalue weighted by atomic mass is 16.2. The van der Waals surface area contributed by atoms with Crippen LogP contribution in [0.4, 0.5) is 5.69 Å². The second-order valence-corrected chi connectivity index (χ2v) is 5.18. The fourth-order valence-electron chi connectivity index (χ4n) is 2.61. The van der Waals surface area contributed by atoms with Crippen LogP contribution in [0.25, 0.3) is 0 Å². The molecule has 3 rings (SSSR count). The number of hydrogen-bond acceptors (Lipinski definition) is 3. The predicted octanol–water partition coefficient (Wildman–Crippen LogP) is 1.98. The number of nitrogens with two attached hydrogens (primary N) is 1. The molecule has 1 amide bonds. The third-order valence-electron chi connectivity index (χ3n) is 3.63. The number of benzene rings is 2. The van der Waals surface area contributed by atoms with Gasteiger partial charge in [0.15, 0.2) is 5.78 Å². The molecule has 2 N–H and O–H groups in total. The van der Waals surface area contributed by atoms with Crippen molar-refractivity contribution in [3.8, 4) is 0 Å². The van der Waals surface area contributed by atoms with Crippen LogP contribution in [0.15, 0.2) is 54.6 Å². The summed E-state index contributed by atoms with van der Waals surface area (Å²) in [5.41, 5.74) is 7.63. The van der Waals surface area contributed by atoms with Gasteiger partial charge in [-0.2, -0.15) is 0 Å². The summed E-state index contributed by atoms with van der Waals surface area (Å²) in [6, 6.07) is 16.1. The fourth-order valence-corrected chi connectivity index (χ4v) is 2.61. The standard InChI is InChI=1S/C17H16N2O2/c18-13-10-16(20)19(11-13)15-9-5-4-8-14(15)17(21)12-6-2-1-3-7-12/h1-9,13H,10-11,18H2. The van der Waals surface area contributed by atoms with Crippen LogP contribution in [0, 0.1) is 0 Å². The predicted molar refractivity (Wildman–Crippen MR) is 81.3 cm³/mol. The van der Waals surface area contributed by atoms with Crippen molar-refractivity contribution in [1.82, 2.24) is 0 Å². The molecule has 106 valence electrons. The maximum absolute atomic E-state index is 12.6. The molecule has 4 nitrogen and oxygen atoms in total. The number of ketones is 1. The first-order chi connectivity index (χ1) is 10.2. The van der Waals surface area contributed by atoms with Crippen LogP contribution in [-0.2, 0) is 4.79 Å². The molecule has 0 radical (unpaired) electrons. The minimum absolute atomic E-state index is 0.0317. The summed E-state index contributed by atoms with van der Waals surface area (Å²) in [6.45, 7) is 0.456. The Morgan fingerprint density at radius 3 is 2.38 bits per heavy atom. The molecule has 0 saturated carbocycles. The first-order valence-corrected chi connectivity index (χ1v) is 6.91. The van der Waals surface area contributed by atoms with Gasteiger partial charge in [-0.15, -0.1) is 0 Å². The highest BCUT2D eigenvalue weighted by molar-refractivity contribution is 6.14. The van der Waals surface area contributed by atoms with E-state index in [0.717, 1.165) is 0 Å². The van der Waals surface area contributed by atoms with Gasteiger partial charge in [0.1, 0.15) is 0 Å². The Morgan fingerprint density at radius 2 is 1.71 bits per heavy atom. The number of rotatable bonds is 3. The molecule has 0 spiro atoms. The van der Waals surface area contributed by atoms with Crippen LogP contribution in [0.5, 0.6) is 0 Å². The smallest absolute Gasteiger partial charge is 0.228 e. The van der Waals surface area contributed by atoms with Crippen molar-refractivity contribution in [2.24, 2.45) is 5.73 Å². The summed E-state index contributed by atoms with van der Waals surface area (Å²) >= 11 is 0. The van der Waals surface area contributed by atoms with Gasteiger partial charge in [0, 0.05) is 30.1 Å². The number of nitrogens with zero attached hydrogens (tertiary/aromatic N) is 1. The molecule has 0 bridgehead atoms. The van der Waals surface area contributed by atoms with Gasteiger partial charge in [-0.3, -0.25) is 9.59 Å². The van der Waals surface area contributed by atoms with E-state index >= 15 is 0 Å². The molecule has 21 heavy (non-hydrogen) atoms. The van der Waals surface area contributed by atoms with Crippen molar-refractivity contribution in [3.63, 3.8) is 0 Å². The van der Waals surface area contributed by atoms with Gasteiger partial charge in [0.05, 0.1) is 5.69 Å². The number of para-hydroxylation sites is 1. The normalized spacial score (nSPS) is 18.0. The van der Waals surface area contributed by atoms with E-state index in [1.54, 1.807) is 35.2 Å². The topological polar surface area (TPSA) is 63.4 Å². The summed E-state index contributed by atoms with van der Waals surface area (Å²) in [4.78, 5) is 26.3. The van der Waals surface area contributed by atoms with E-state index in [2.05, 4.69) is 0 Å². The zero-order chi connectivity index (χ0) is 14.8. The Balaban J connectivity index is 2.01. The molecule has 1 fully saturated rings. The van der Waals surface area contributed by atoms with Gasteiger partial charge in [0.2, 0.25) is 5.91 Å². The molecular weight excluding hydrogens is 264 g/mol. The highest BCUT2D eigenvalue weighted by Crippen LogP contribution is 2.27. The van der Waals surface area contributed by atoms with Gasteiger partial charge in [-0.05, 0) is 12.1 Å². The molecule has 1 aliphatic heterocycles. The van der Waals surface area contributed by atoms with Crippen LogP contribution >= 0.6 is 0 Å². The van der Waals surface area contributed by atoms with Crippen molar-refractivity contribution in [2.45, 2.75) is 12.5 Å². The number of carbonyl (C=O) groups excluding carboxylic acids is 2. The minimum atomic E-state index is -0.169. The van der Waals surface area contributed by atoms with E-state index in [-0.39, 0.29) is 17.7 Å². The van der Waals surface area contributed by atoms with E-state index in [0.29, 0.717) is 29.8 Å². The second-order valence-electron chi connectivity index (χ2n) is 5.18. The van der Waals surface area contributed by atoms with Gasteiger partial charge in [0.25, 0.3) is 0 Å². The Hall–Kier alpha value is -2.46. The van der Waals surface area contributed by atoms with E-state index in [9.17, 15) is 9.59 Å².